The van der Waals surface area contributed by atoms with Crippen LogP contribution in [0.25, 0.3) is 0 Å². The van der Waals surface area contributed by atoms with Crippen molar-refractivity contribution in [2.45, 2.75) is 81.2 Å². The minimum absolute atomic E-state index is 0.0999. The molecule has 0 saturated heterocycles. The van der Waals surface area contributed by atoms with E-state index in [1.54, 1.807) is 0 Å². The van der Waals surface area contributed by atoms with Crippen LogP contribution in [0.15, 0.2) is 11.0 Å². The zero-order valence-electron chi connectivity index (χ0n) is 22.9. The number of nitrogens with one attached hydrogen (secondary N) is 2. The summed E-state index contributed by atoms with van der Waals surface area (Å²) in [5.41, 5.74) is 6.77. The van der Waals surface area contributed by atoms with Gasteiger partial charge in [-0.3, -0.25) is 24.0 Å². The molecule has 2 saturated carbocycles. The fourth-order valence-electron chi connectivity index (χ4n) is 6.87. The Kier molecular flexibility index (Phi) is 9.17. The molecule has 1 aromatic carbocycles. The summed E-state index contributed by atoms with van der Waals surface area (Å²) in [5, 5.41) is 44.4. The van der Waals surface area contributed by atoms with E-state index in [9.17, 15) is 34.2 Å². The van der Waals surface area contributed by atoms with Crippen LogP contribution < -0.4 is 16.4 Å². The minimum Gasteiger partial charge on any atom is -0.504 e. The molecule has 3 aliphatic rings. The molecule has 0 aromatic heterocycles. The normalized spacial score (nSPS) is 26.2. The smallest absolute Gasteiger partial charge is 0.322 e. The Bertz CT molecular complexity index is 1250. The second kappa shape index (κ2) is 12.3. The molecule has 41 heavy (non-hydrogen) atoms. The molecular formula is C28H37N3O9S. The summed E-state index contributed by atoms with van der Waals surface area (Å²) in [6.07, 6.45) is 4.00. The zero-order valence-corrected chi connectivity index (χ0v) is 23.7. The number of carboxylic acid groups (broad SMARTS) is 2. The first kappa shape index (κ1) is 30.6. The predicted molar refractivity (Wildman–Crippen MR) is 148 cm³/mol. The van der Waals surface area contributed by atoms with Crippen LogP contribution >= 0.6 is 11.8 Å². The fraction of sp³-hybridized carbons (Fsp3) is 0.607. The van der Waals surface area contributed by atoms with Crippen molar-refractivity contribution in [1.82, 2.24) is 10.6 Å². The number of ketones is 1. The average molecular weight is 592 g/mol. The van der Waals surface area contributed by atoms with Crippen LogP contribution in [0.1, 0.15) is 68.9 Å². The first-order chi connectivity index (χ1) is 19.3. The molecular weight excluding hydrogens is 554 g/mol. The van der Waals surface area contributed by atoms with Crippen molar-refractivity contribution < 1.29 is 44.4 Å². The third-order valence-electron chi connectivity index (χ3n) is 9.12. The van der Waals surface area contributed by atoms with E-state index >= 15 is 0 Å². The highest BCUT2D eigenvalue weighted by Gasteiger charge is 2.54. The second-order valence-corrected chi connectivity index (χ2v) is 12.6. The van der Waals surface area contributed by atoms with Crippen LogP contribution in [0.5, 0.6) is 11.5 Å². The number of Topliss-reactive ketones (excluding diaryl/α,β-unsaturated/α-hetero) is 1. The van der Waals surface area contributed by atoms with Crippen LogP contribution in [0.3, 0.4) is 0 Å². The number of carbonyl (C=O) groups is 5. The number of aromatic hydroxyl groups is 2. The maximum atomic E-state index is 12.7. The van der Waals surface area contributed by atoms with Crippen molar-refractivity contribution in [1.29, 1.82) is 0 Å². The Morgan fingerprint density at radius 2 is 1.85 bits per heavy atom. The number of amides is 2. The molecule has 0 unspecified atom stereocenters. The molecule has 0 spiro atoms. The highest BCUT2D eigenvalue weighted by molar-refractivity contribution is 7.99. The Hall–Kier alpha value is -3.32. The van der Waals surface area contributed by atoms with Crippen molar-refractivity contribution in [2.24, 2.45) is 23.0 Å². The van der Waals surface area contributed by atoms with Gasteiger partial charge in [0.05, 0.1) is 4.90 Å². The van der Waals surface area contributed by atoms with E-state index in [-0.39, 0.29) is 47.3 Å². The van der Waals surface area contributed by atoms with Crippen LogP contribution in [0, 0.1) is 17.3 Å². The number of nitrogens with two attached hydrogens (primary N) is 1. The fourth-order valence-corrected chi connectivity index (χ4v) is 7.90. The van der Waals surface area contributed by atoms with Crippen molar-refractivity contribution in [3.05, 3.63) is 17.2 Å². The lowest BCUT2D eigenvalue weighted by Crippen LogP contribution is -2.49. The number of hydrogen-bond acceptors (Lipinski definition) is 9. The molecule has 0 radical (unpaired) electrons. The largest absolute Gasteiger partial charge is 0.504 e. The van der Waals surface area contributed by atoms with Gasteiger partial charge in [-0.25, -0.2) is 0 Å². The number of benzene rings is 1. The van der Waals surface area contributed by atoms with Gasteiger partial charge in [0.1, 0.15) is 24.4 Å². The molecule has 13 heteroatoms. The molecule has 1 aromatic rings. The van der Waals surface area contributed by atoms with Gasteiger partial charge in [0.15, 0.2) is 11.5 Å². The Balaban J connectivity index is 1.52. The summed E-state index contributed by atoms with van der Waals surface area (Å²) in [7, 11) is 0. The molecule has 3 aliphatic carbocycles. The van der Waals surface area contributed by atoms with Crippen molar-refractivity contribution in [3.8, 4) is 11.5 Å². The van der Waals surface area contributed by atoms with E-state index in [1.165, 1.54) is 0 Å². The molecule has 0 heterocycles. The molecule has 8 N–H and O–H groups in total. The number of carboxylic acids is 2. The average Bonchev–Trinajstić information content (AvgIpc) is 3.24. The molecule has 0 bridgehead atoms. The van der Waals surface area contributed by atoms with Gasteiger partial charge < -0.3 is 36.8 Å². The van der Waals surface area contributed by atoms with Gasteiger partial charge in [-0.2, -0.15) is 0 Å². The maximum absolute atomic E-state index is 12.7. The lowest BCUT2D eigenvalue weighted by molar-refractivity contribution is -0.139. The number of phenols is 2. The van der Waals surface area contributed by atoms with E-state index in [0.29, 0.717) is 35.0 Å². The number of carbonyl (C=O) groups excluding carboxylic acids is 3. The maximum Gasteiger partial charge on any atom is 0.322 e. The number of fused-ring (bicyclic) bond motifs is 5. The van der Waals surface area contributed by atoms with E-state index < -0.39 is 42.4 Å². The van der Waals surface area contributed by atoms with Gasteiger partial charge in [-0.15, -0.1) is 11.8 Å². The van der Waals surface area contributed by atoms with Gasteiger partial charge in [-0.1, -0.05) is 6.92 Å². The highest BCUT2D eigenvalue weighted by Crippen LogP contribution is 2.61. The minimum atomic E-state index is -1.28. The SMILES string of the molecule is C[C@]12CC[C@@H]3c4cc(SC[C@H](NC(=O)CC[C@H](N)C(=O)O)C(=O)NCC(=O)O)c(O)c(O)c4CC[C@H]3[C@@H]1CCC2=O. The summed E-state index contributed by atoms with van der Waals surface area (Å²) >= 11 is 1.03. The van der Waals surface area contributed by atoms with Gasteiger partial charge >= 0.3 is 11.9 Å². The van der Waals surface area contributed by atoms with E-state index in [2.05, 4.69) is 17.6 Å². The molecule has 4 rings (SSSR count). The third-order valence-corrected chi connectivity index (χ3v) is 10.2. The molecule has 2 fully saturated rings. The van der Waals surface area contributed by atoms with Crippen molar-refractivity contribution in [2.75, 3.05) is 12.3 Å². The summed E-state index contributed by atoms with van der Waals surface area (Å²) in [4.78, 5) is 60.1. The number of aliphatic carboxylic acids is 2. The number of phenolic OH excluding ortho intramolecular Hbond substituents is 2. The van der Waals surface area contributed by atoms with Gasteiger partial charge in [0, 0.05) is 29.6 Å². The first-order valence-electron chi connectivity index (χ1n) is 13.8. The molecule has 224 valence electrons. The van der Waals surface area contributed by atoms with E-state index in [0.717, 1.165) is 43.0 Å². The van der Waals surface area contributed by atoms with Crippen LogP contribution in [0.2, 0.25) is 0 Å². The molecule has 0 aliphatic heterocycles. The highest BCUT2D eigenvalue weighted by atomic mass is 32.2. The molecule has 2 amide bonds. The lowest BCUT2D eigenvalue weighted by atomic mass is 9.55. The van der Waals surface area contributed by atoms with Gasteiger partial charge in [0.25, 0.3) is 0 Å². The van der Waals surface area contributed by atoms with E-state index in [4.69, 9.17) is 15.9 Å². The summed E-state index contributed by atoms with van der Waals surface area (Å²) in [5.74, 6) is -3.57. The van der Waals surface area contributed by atoms with E-state index in [1.807, 2.05) is 6.07 Å². The lowest BCUT2D eigenvalue weighted by Gasteiger charge is -2.48. The summed E-state index contributed by atoms with van der Waals surface area (Å²) < 4.78 is 0. The van der Waals surface area contributed by atoms with Crippen LogP contribution in [-0.4, -0.2) is 74.3 Å². The quantitative estimate of drug-likeness (QED) is 0.144. The Labute approximate surface area is 241 Å². The number of rotatable bonds is 11. The Morgan fingerprint density at radius 3 is 2.54 bits per heavy atom. The van der Waals surface area contributed by atoms with Crippen LogP contribution in [0.4, 0.5) is 0 Å². The van der Waals surface area contributed by atoms with Crippen molar-refractivity contribution in [3.63, 3.8) is 0 Å². The topological polar surface area (TPSA) is 216 Å². The standard InChI is InChI=1S/C28H37N3O9S/c1-28-9-8-13-14(17(28)4-6-21(28)32)2-3-15-16(13)10-20(25(37)24(15)36)41-12-19(26(38)30-11-23(34)35)31-22(33)7-5-18(29)27(39)40/h10,13-14,17-19,36-37H,2-9,11-12,29H2,1H3,(H,30,38)(H,31,33)(H,34,35)(H,39,40)/t13-,14+,17-,18-,19-,28-/m0/s1. The van der Waals surface area contributed by atoms with Gasteiger partial charge in [0.2, 0.25) is 11.8 Å². The molecule has 12 nitrogen and oxygen atoms in total. The second-order valence-electron chi connectivity index (χ2n) is 11.5. The van der Waals surface area contributed by atoms with Crippen LogP contribution in [-0.2, 0) is 30.4 Å². The predicted octanol–water partition coefficient (Wildman–Crippen LogP) is 1.49. The number of thioether (sulfide) groups is 1. The summed E-state index contributed by atoms with van der Waals surface area (Å²) in [6, 6.07) is -0.641. The molecule has 6 atom stereocenters. The zero-order chi connectivity index (χ0) is 30.1. The first-order valence-corrected chi connectivity index (χ1v) is 14.8. The number of hydrogen-bond donors (Lipinski definition) is 7. The van der Waals surface area contributed by atoms with Crippen molar-refractivity contribution >= 4 is 41.3 Å². The third kappa shape index (κ3) is 6.30. The Morgan fingerprint density at radius 1 is 1.12 bits per heavy atom. The summed E-state index contributed by atoms with van der Waals surface area (Å²) in [6.45, 7) is 1.41. The monoisotopic (exact) mass is 591 g/mol. The van der Waals surface area contributed by atoms with Gasteiger partial charge in [-0.05, 0) is 67.9 Å².